The molecule has 0 fully saturated rings. The van der Waals surface area contributed by atoms with Crippen LogP contribution in [0.15, 0.2) is 18.5 Å². The monoisotopic (exact) mass is 180 g/mol. The van der Waals surface area contributed by atoms with Crippen LogP contribution >= 0.6 is 0 Å². The van der Waals surface area contributed by atoms with Gasteiger partial charge in [0, 0.05) is 31.8 Å². The van der Waals surface area contributed by atoms with Gasteiger partial charge >= 0.3 is 0 Å². The van der Waals surface area contributed by atoms with Gasteiger partial charge in [0.2, 0.25) is 0 Å². The number of hydrogen-bond donors (Lipinski definition) is 1. The van der Waals surface area contributed by atoms with Crippen LogP contribution in [0.25, 0.3) is 0 Å². The molecule has 0 spiro atoms. The molecule has 1 heterocycles. The van der Waals surface area contributed by atoms with Gasteiger partial charge in [-0.05, 0) is 24.0 Å². The lowest BCUT2D eigenvalue weighted by molar-refractivity contribution is 0.160. The zero-order chi connectivity index (χ0) is 9.68. The molecule has 1 aromatic heterocycles. The Bertz CT molecular complexity index is 263. The largest absolute Gasteiger partial charge is 0.398 e. The molecule has 1 rings (SSSR count). The third-order valence-corrected chi connectivity index (χ3v) is 1.96. The fourth-order valence-electron chi connectivity index (χ4n) is 1.33. The summed E-state index contributed by atoms with van der Waals surface area (Å²) in [5, 5.41) is 0. The van der Waals surface area contributed by atoms with E-state index >= 15 is 0 Å². The Kier molecular flexibility index (Phi) is 3.71. The van der Waals surface area contributed by atoms with E-state index in [0.29, 0.717) is 5.92 Å². The summed E-state index contributed by atoms with van der Waals surface area (Å²) in [7, 11) is 1.71. The maximum atomic E-state index is 5.78. The van der Waals surface area contributed by atoms with Crippen molar-refractivity contribution in [2.24, 2.45) is 5.92 Å². The van der Waals surface area contributed by atoms with E-state index in [4.69, 9.17) is 10.5 Å². The summed E-state index contributed by atoms with van der Waals surface area (Å²) >= 11 is 0. The predicted molar refractivity (Wildman–Crippen MR) is 53.4 cm³/mol. The van der Waals surface area contributed by atoms with Crippen LogP contribution in [-0.2, 0) is 11.2 Å². The summed E-state index contributed by atoms with van der Waals surface area (Å²) in [5.41, 5.74) is 7.71. The molecule has 1 atom stereocenters. The standard InChI is InChI=1S/C10H16N2O/c1-8(7-13-2)5-9-6-12-4-3-10(9)11/h3-4,6,8H,5,7H2,1-2H3,(H2,11,12). The molecule has 0 amide bonds. The summed E-state index contributed by atoms with van der Waals surface area (Å²) in [6, 6.07) is 1.83. The van der Waals surface area contributed by atoms with Crippen molar-refractivity contribution < 1.29 is 4.74 Å². The minimum atomic E-state index is 0.483. The number of methoxy groups -OCH3 is 1. The molecular weight excluding hydrogens is 164 g/mol. The Morgan fingerprint density at radius 3 is 3.00 bits per heavy atom. The highest BCUT2D eigenvalue weighted by atomic mass is 16.5. The lowest BCUT2D eigenvalue weighted by Crippen LogP contribution is -2.08. The first kappa shape index (κ1) is 9.99. The summed E-state index contributed by atoms with van der Waals surface area (Å²) in [4.78, 5) is 4.04. The molecule has 3 heteroatoms. The highest BCUT2D eigenvalue weighted by molar-refractivity contribution is 5.44. The molecular formula is C10H16N2O. The summed E-state index contributed by atoms with van der Waals surface area (Å²) in [6.07, 6.45) is 4.45. The van der Waals surface area contributed by atoms with E-state index < -0.39 is 0 Å². The average Bonchev–Trinajstić information content (AvgIpc) is 2.09. The molecule has 0 saturated heterocycles. The van der Waals surface area contributed by atoms with Crippen LogP contribution in [-0.4, -0.2) is 18.7 Å². The van der Waals surface area contributed by atoms with Crippen LogP contribution in [0.3, 0.4) is 0 Å². The van der Waals surface area contributed by atoms with Crippen LogP contribution < -0.4 is 5.73 Å². The second-order valence-corrected chi connectivity index (χ2v) is 3.34. The number of nitrogens with zero attached hydrogens (tertiary/aromatic N) is 1. The number of aromatic nitrogens is 1. The van der Waals surface area contributed by atoms with Crippen LogP contribution in [0.4, 0.5) is 5.69 Å². The Morgan fingerprint density at radius 2 is 2.38 bits per heavy atom. The quantitative estimate of drug-likeness (QED) is 0.763. The van der Waals surface area contributed by atoms with Crippen molar-refractivity contribution >= 4 is 5.69 Å². The zero-order valence-electron chi connectivity index (χ0n) is 8.16. The Hall–Kier alpha value is -1.09. The van der Waals surface area contributed by atoms with E-state index in [9.17, 15) is 0 Å². The van der Waals surface area contributed by atoms with Gasteiger partial charge in [-0.25, -0.2) is 0 Å². The molecule has 0 saturated carbocycles. The lowest BCUT2D eigenvalue weighted by Gasteiger charge is -2.10. The number of rotatable bonds is 4. The van der Waals surface area contributed by atoms with Crippen molar-refractivity contribution in [2.45, 2.75) is 13.3 Å². The normalized spacial score (nSPS) is 12.8. The number of hydrogen-bond acceptors (Lipinski definition) is 3. The fraction of sp³-hybridized carbons (Fsp3) is 0.500. The smallest absolute Gasteiger partial charge is 0.0491 e. The maximum absolute atomic E-state index is 5.78. The van der Waals surface area contributed by atoms with E-state index in [0.717, 1.165) is 24.3 Å². The van der Waals surface area contributed by atoms with E-state index in [1.54, 1.807) is 13.3 Å². The molecule has 1 unspecified atom stereocenters. The van der Waals surface area contributed by atoms with Gasteiger partial charge in [-0.3, -0.25) is 4.98 Å². The SMILES string of the molecule is COCC(C)Cc1cnccc1N. The van der Waals surface area contributed by atoms with Crippen molar-refractivity contribution in [1.82, 2.24) is 4.98 Å². The number of ether oxygens (including phenoxy) is 1. The molecule has 0 aliphatic heterocycles. The van der Waals surface area contributed by atoms with E-state index in [1.807, 2.05) is 12.3 Å². The average molecular weight is 180 g/mol. The lowest BCUT2D eigenvalue weighted by atomic mass is 10.0. The molecule has 2 N–H and O–H groups in total. The first-order valence-corrected chi connectivity index (χ1v) is 4.41. The van der Waals surface area contributed by atoms with Crippen molar-refractivity contribution in [1.29, 1.82) is 0 Å². The van der Waals surface area contributed by atoms with E-state index in [1.165, 1.54) is 0 Å². The summed E-state index contributed by atoms with van der Waals surface area (Å²) in [6.45, 7) is 2.89. The fourth-order valence-corrected chi connectivity index (χ4v) is 1.33. The maximum Gasteiger partial charge on any atom is 0.0491 e. The molecule has 0 aliphatic carbocycles. The first-order valence-electron chi connectivity index (χ1n) is 4.41. The van der Waals surface area contributed by atoms with Crippen molar-refractivity contribution in [3.05, 3.63) is 24.0 Å². The molecule has 0 aliphatic rings. The number of pyridine rings is 1. The second-order valence-electron chi connectivity index (χ2n) is 3.34. The Morgan fingerprint density at radius 1 is 1.62 bits per heavy atom. The number of anilines is 1. The van der Waals surface area contributed by atoms with Crippen molar-refractivity contribution in [2.75, 3.05) is 19.5 Å². The van der Waals surface area contributed by atoms with E-state index in [2.05, 4.69) is 11.9 Å². The second kappa shape index (κ2) is 4.82. The van der Waals surface area contributed by atoms with Gasteiger partial charge in [0.15, 0.2) is 0 Å². The van der Waals surface area contributed by atoms with Gasteiger partial charge in [0.25, 0.3) is 0 Å². The predicted octanol–water partition coefficient (Wildman–Crippen LogP) is 1.49. The zero-order valence-corrected chi connectivity index (χ0v) is 8.16. The van der Waals surface area contributed by atoms with Gasteiger partial charge < -0.3 is 10.5 Å². The van der Waals surface area contributed by atoms with Crippen LogP contribution in [0, 0.1) is 5.92 Å². The van der Waals surface area contributed by atoms with Crippen molar-refractivity contribution in [3.63, 3.8) is 0 Å². The number of nitrogen functional groups attached to an aromatic ring is 1. The highest BCUT2D eigenvalue weighted by Crippen LogP contribution is 2.14. The van der Waals surface area contributed by atoms with Gasteiger partial charge in [-0.15, -0.1) is 0 Å². The van der Waals surface area contributed by atoms with Crippen LogP contribution in [0.5, 0.6) is 0 Å². The molecule has 0 bridgehead atoms. The molecule has 72 valence electrons. The number of nitrogens with two attached hydrogens (primary N) is 1. The Labute approximate surface area is 78.9 Å². The third kappa shape index (κ3) is 3.03. The van der Waals surface area contributed by atoms with Crippen LogP contribution in [0.2, 0.25) is 0 Å². The molecule has 1 aromatic rings. The minimum Gasteiger partial charge on any atom is -0.398 e. The molecule has 13 heavy (non-hydrogen) atoms. The summed E-state index contributed by atoms with van der Waals surface area (Å²) < 4.78 is 5.05. The molecule has 0 radical (unpaired) electrons. The van der Waals surface area contributed by atoms with Crippen molar-refractivity contribution in [3.8, 4) is 0 Å². The topological polar surface area (TPSA) is 48.1 Å². The molecule has 3 nitrogen and oxygen atoms in total. The molecule has 0 aromatic carbocycles. The Balaban J connectivity index is 2.58. The van der Waals surface area contributed by atoms with Gasteiger partial charge in [0.05, 0.1) is 0 Å². The van der Waals surface area contributed by atoms with E-state index in [-0.39, 0.29) is 0 Å². The highest BCUT2D eigenvalue weighted by Gasteiger charge is 2.05. The van der Waals surface area contributed by atoms with Gasteiger partial charge in [-0.1, -0.05) is 6.92 Å². The van der Waals surface area contributed by atoms with Gasteiger partial charge in [0.1, 0.15) is 0 Å². The third-order valence-electron chi connectivity index (χ3n) is 1.96. The van der Waals surface area contributed by atoms with Gasteiger partial charge in [-0.2, -0.15) is 0 Å². The minimum absolute atomic E-state index is 0.483. The summed E-state index contributed by atoms with van der Waals surface area (Å²) in [5.74, 6) is 0.483. The van der Waals surface area contributed by atoms with Crippen LogP contribution in [0.1, 0.15) is 12.5 Å². The first-order chi connectivity index (χ1) is 6.24.